The summed E-state index contributed by atoms with van der Waals surface area (Å²) in [5.74, 6) is -1.70. The Bertz CT molecular complexity index is 1090. The molecule has 0 heterocycles. The van der Waals surface area contributed by atoms with Crippen LogP contribution in [0.2, 0.25) is 0 Å². The van der Waals surface area contributed by atoms with Crippen LogP contribution in [0.25, 0.3) is 17.2 Å². The second kappa shape index (κ2) is 8.88. The molecule has 156 valence electrons. The largest absolute Gasteiger partial charge is 0.480 e. The number of benzene rings is 3. The molecule has 0 fully saturated rings. The van der Waals surface area contributed by atoms with Crippen molar-refractivity contribution in [3.63, 3.8) is 0 Å². The first-order chi connectivity index (χ1) is 15.0. The number of carbonyl (C=O) groups is 2. The number of hydrogen-bond donors (Lipinski definition) is 2. The lowest BCUT2D eigenvalue weighted by Gasteiger charge is -2.17. The summed E-state index contributed by atoms with van der Waals surface area (Å²) in [4.78, 5) is 24.3. The minimum Gasteiger partial charge on any atom is -0.480 e. The third-order valence-corrected chi connectivity index (χ3v) is 5.42. The predicted molar refractivity (Wildman–Crippen MR) is 119 cm³/mol. The van der Waals surface area contributed by atoms with E-state index in [1.807, 2.05) is 54.6 Å². The minimum atomic E-state index is -1.05. The molecule has 1 aliphatic rings. The van der Waals surface area contributed by atoms with E-state index in [-0.39, 0.29) is 18.2 Å². The van der Waals surface area contributed by atoms with Crippen LogP contribution < -0.4 is 5.32 Å². The van der Waals surface area contributed by atoms with Gasteiger partial charge in [0.25, 0.3) is 0 Å². The van der Waals surface area contributed by atoms with Gasteiger partial charge in [-0.05, 0) is 40.8 Å². The van der Waals surface area contributed by atoms with Gasteiger partial charge in [0.05, 0.1) is 0 Å². The van der Waals surface area contributed by atoms with Crippen molar-refractivity contribution in [1.82, 2.24) is 5.32 Å². The Balaban J connectivity index is 1.57. The standard InChI is InChI=1S/C26H23NO4/c1-17(25(28)29)27-24(15-18-9-3-2-4-10-18)26(30)31-16-23-21-13-7-5-11-19(21)20-12-6-8-14-22(20)23/h2-15,17,23,27H,16H2,1H3,(H,28,29)/b24-15+/t17-/m0/s1. The molecule has 0 saturated carbocycles. The Hall–Kier alpha value is -3.86. The van der Waals surface area contributed by atoms with Crippen molar-refractivity contribution < 1.29 is 19.4 Å². The van der Waals surface area contributed by atoms with Gasteiger partial charge in [0.15, 0.2) is 0 Å². The molecule has 4 rings (SSSR count). The summed E-state index contributed by atoms with van der Waals surface area (Å²) in [5.41, 5.74) is 5.43. The third kappa shape index (κ3) is 4.36. The van der Waals surface area contributed by atoms with Crippen molar-refractivity contribution in [3.8, 4) is 11.1 Å². The maximum absolute atomic E-state index is 12.9. The highest BCUT2D eigenvalue weighted by Crippen LogP contribution is 2.44. The summed E-state index contributed by atoms with van der Waals surface area (Å²) >= 11 is 0. The van der Waals surface area contributed by atoms with Gasteiger partial charge >= 0.3 is 11.9 Å². The van der Waals surface area contributed by atoms with Crippen LogP contribution in [0.15, 0.2) is 84.6 Å². The molecule has 0 bridgehead atoms. The highest BCUT2D eigenvalue weighted by atomic mass is 16.5. The average molecular weight is 413 g/mol. The van der Waals surface area contributed by atoms with Crippen molar-refractivity contribution in [3.05, 3.63) is 101 Å². The molecule has 5 heteroatoms. The zero-order valence-corrected chi connectivity index (χ0v) is 17.1. The van der Waals surface area contributed by atoms with Crippen LogP contribution in [-0.2, 0) is 14.3 Å². The second-order valence-corrected chi connectivity index (χ2v) is 7.50. The SMILES string of the molecule is C[C@H](N/C(=C/c1ccccc1)C(=O)OCC1c2ccccc2-c2ccccc21)C(=O)O. The van der Waals surface area contributed by atoms with Gasteiger partial charge in [-0.2, -0.15) is 0 Å². The molecular weight excluding hydrogens is 390 g/mol. The van der Waals surface area contributed by atoms with Crippen molar-refractivity contribution >= 4 is 18.0 Å². The number of carbonyl (C=O) groups excluding carboxylic acids is 1. The van der Waals surface area contributed by atoms with Crippen molar-refractivity contribution in [2.45, 2.75) is 18.9 Å². The van der Waals surface area contributed by atoms with E-state index < -0.39 is 18.0 Å². The molecule has 1 atom stereocenters. The monoisotopic (exact) mass is 413 g/mol. The van der Waals surface area contributed by atoms with Crippen LogP contribution in [-0.4, -0.2) is 29.7 Å². The lowest BCUT2D eigenvalue weighted by Crippen LogP contribution is -2.36. The van der Waals surface area contributed by atoms with Crippen molar-refractivity contribution in [2.24, 2.45) is 0 Å². The van der Waals surface area contributed by atoms with E-state index in [2.05, 4.69) is 29.6 Å². The Kier molecular flexibility index (Phi) is 5.85. The van der Waals surface area contributed by atoms with Gasteiger partial charge < -0.3 is 15.2 Å². The number of carboxylic acids is 1. The first kappa shape index (κ1) is 20.4. The van der Waals surface area contributed by atoms with Crippen LogP contribution in [0, 0.1) is 0 Å². The van der Waals surface area contributed by atoms with Crippen LogP contribution >= 0.6 is 0 Å². The number of esters is 1. The number of hydrogen-bond acceptors (Lipinski definition) is 4. The van der Waals surface area contributed by atoms with Gasteiger partial charge in [0, 0.05) is 5.92 Å². The van der Waals surface area contributed by atoms with Crippen LogP contribution in [0.5, 0.6) is 0 Å². The molecule has 0 aliphatic heterocycles. The van der Waals surface area contributed by atoms with Crippen molar-refractivity contribution in [1.29, 1.82) is 0 Å². The first-order valence-electron chi connectivity index (χ1n) is 10.2. The van der Waals surface area contributed by atoms with E-state index in [1.54, 1.807) is 6.08 Å². The van der Waals surface area contributed by atoms with Gasteiger partial charge in [0.2, 0.25) is 0 Å². The van der Waals surface area contributed by atoms with E-state index in [1.165, 1.54) is 6.92 Å². The highest BCUT2D eigenvalue weighted by Gasteiger charge is 2.29. The molecule has 0 radical (unpaired) electrons. The zero-order valence-electron chi connectivity index (χ0n) is 17.1. The predicted octanol–water partition coefficient (Wildman–Crippen LogP) is 4.45. The van der Waals surface area contributed by atoms with E-state index in [4.69, 9.17) is 4.74 Å². The number of fused-ring (bicyclic) bond motifs is 3. The summed E-state index contributed by atoms with van der Waals surface area (Å²) in [6.45, 7) is 1.65. The maximum atomic E-state index is 12.9. The molecule has 2 N–H and O–H groups in total. The third-order valence-electron chi connectivity index (χ3n) is 5.42. The Morgan fingerprint density at radius 3 is 2.06 bits per heavy atom. The zero-order chi connectivity index (χ0) is 21.8. The van der Waals surface area contributed by atoms with E-state index in [0.717, 1.165) is 27.8 Å². The summed E-state index contributed by atoms with van der Waals surface area (Å²) in [5, 5.41) is 12.0. The second-order valence-electron chi connectivity index (χ2n) is 7.50. The molecule has 1 aliphatic carbocycles. The molecule has 0 unspecified atom stereocenters. The summed E-state index contributed by atoms with van der Waals surface area (Å²) in [6, 6.07) is 24.5. The highest BCUT2D eigenvalue weighted by molar-refractivity contribution is 5.94. The van der Waals surface area contributed by atoms with Gasteiger partial charge in [0.1, 0.15) is 18.3 Å². The number of rotatable bonds is 7. The molecule has 31 heavy (non-hydrogen) atoms. The normalized spacial score (nSPS) is 13.8. The van der Waals surface area contributed by atoms with E-state index >= 15 is 0 Å². The molecule has 0 amide bonds. The number of carboxylic acid groups (broad SMARTS) is 1. The molecule has 0 spiro atoms. The van der Waals surface area contributed by atoms with E-state index in [9.17, 15) is 14.7 Å². The van der Waals surface area contributed by atoms with Crippen LogP contribution in [0.1, 0.15) is 29.5 Å². The Morgan fingerprint density at radius 1 is 0.935 bits per heavy atom. The van der Waals surface area contributed by atoms with Crippen LogP contribution in [0.4, 0.5) is 0 Å². The lowest BCUT2D eigenvalue weighted by atomic mass is 9.98. The maximum Gasteiger partial charge on any atom is 0.354 e. The fourth-order valence-electron chi connectivity index (χ4n) is 3.85. The van der Waals surface area contributed by atoms with Gasteiger partial charge in [-0.25, -0.2) is 4.79 Å². The molecule has 3 aromatic rings. The fraction of sp³-hybridized carbons (Fsp3) is 0.154. The Labute approximate surface area is 181 Å². The first-order valence-corrected chi connectivity index (χ1v) is 10.2. The number of ether oxygens (including phenoxy) is 1. The van der Waals surface area contributed by atoms with Gasteiger partial charge in [-0.3, -0.25) is 4.79 Å². The Morgan fingerprint density at radius 2 is 1.48 bits per heavy atom. The summed E-state index contributed by atoms with van der Waals surface area (Å²) < 4.78 is 5.69. The molecule has 0 saturated heterocycles. The summed E-state index contributed by atoms with van der Waals surface area (Å²) in [6.07, 6.45) is 1.61. The van der Waals surface area contributed by atoms with Crippen LogP contribution in [0.3, 0.4) is 0 Å². The number of nitrogens with one attached hydrogen (secondary N) is 1. The van der Waals surface area contributed by atoms with Crippen molar-refractivity contribution in [2.75, 3.05) is 6.61 Å². The summed E-state index contributed by atoms with van der Waals surface area (Å²) in [7, 11) is 0. The topological polar surface area (TPSA) is 75.6 Å². The average Bonchev–Trinajstić information content (AvgIpc) is 3.11. The fourth-order valence-corrected chi connectivity index (χ4v) is 3.85. The van der Waals surface area contributed by atoms with E-state index in [0.29, 0.717) is 0 Å². The smallest absolute Gasteiger partial charge is 0.354 e. The molecule has 5 nitrogen and oxygen atoms in total. The molecular formula is C26H23NO4. The molecule has 3 aromatic carbocycles. The quantitative estimate of drug-likeness (QED) is 0.442. The van der Waals surface area contributed by atoms with Gasteiger partial charge in [-0.15, -0.1) is 0 Å². The molecule has 0 aromatic heterocycles. The van der Waals surface area contributed by atoms with Gasteiger partial charge in [-0.1, -0.05) is 78.9 Å². The minimum absolute atomic E-state index is 0.0637. The number of aliphatic carboxylic acids is 1. The lowest BCUT2D eigenvalue weighted by molar-refractivity contribution is -0.140.